The molecular formula is C15H18N4. The molecule has 1 aromatic carbocycles. The van der Waals surface area contributed by atoms with Crippen molar-refractivity contribution in [1.29, 1.82) is 0 Å². The van der Waals surface area contributed by atoms with Crippen molar-refractivity contribution in [2.24, 2.45) is 5.41 Å². The topological polar surface area (TPSA) is 43.6 Å². The molecule has 1 aromatic heterocycles. The summed E-state index contributed by atoms with van der Waals surface area (Å²) in [5.41, 5.74) is 4.42. The van der Waals surface area contributed by atoms with E-state index in [0.29, 0.717) is 12.4 Å². The molecule has 0 aliphatic rings. The Hall–Kier alpha value is -2.19. The maximum atomic E-state index is 4.00. The first-order valence-electron chi connectivity index (χ1n) is 6.28. The molecule has 0 radical (unpaired) electrons. The van der Waals surface area contributed by atoms with Crippen molar-refractivity contribution >= 4 is 6.08 Å². The number of benzene rings is 1. The van der Waals surface area contributed by atoms with Crippen LogP contribution in [0, 0.1) is 5.41 Å². The predicted molar refractivity (Wildman–Crippen MR) is 75.4 cm³/mol. The van der Waals surface area contributed by atoms with Gasteiger partial charge in [-0.3, -0.25) is 0 Å². The lowest BCUT2D eigenvalue weighted by molar-refractivity contribution is 0.545. The van der Waals surface area contributed by atoms with E-state index < -0.39 is 0 Å². The Morgan fingerprint density at radius 1 is 1.21 bits per heavy atom. The Bertz CT molecular complexity index is 584. The van der Waals surface area contributed by atoms with Gasteiger partial charge in [-0.1, -0.05) is 51.1 Å². The summed E-state index contributed by atoms with van der Waals surface area (Å²) < 4.78 is 1.76. The van der Waals surface area contributed by atoms with Crippen LogP contribution >= 0.6 is 0 Å². The highest BCUT2D eigenvalue weighted by molar-refractivity contribution is 5.38. The molecule has 0 aliphatic carbocycles. The van der Waals surface area contributed by atoms with E-state index in [0.717, 1.165) is 0 Å². The van der Waals surface area contributed by atoms with Gasteiger partial charge in [-0.2, -0.15) is 0 Å². The van der Waals surface area contributed by atoms with Gasteiger partial charge in [-0.05, 0) is 27.5 Å². The van der Waals surface area contributed by atoms with E-state index in [1.807, 2.05) is 30.4 Å². The Labute approximate surface area is 113 Å². The number of hydrogen-bond acceptors (Lipinski definition) is 3. The molecule has 0 saturated carbocycles. The summed E-state index contributed by atoms with van der Waals surface area (Å²) in [6.45, 7) is 7.04. The molecule has 98 valence electrons. The number of nitrogens with zero attached hydrogens (tertiary/aromatic N) is 4. The summed E-state index contributed by atoms with van der Waals surface area (Å²) in [6.07, 6.45) is 3.82. The Morgan fingerprint density at radius 2 is 1.95 bits per heavy atom. The first-order chi connectivity index (χ1) is 9.04. The second-order valence-electron chi connectivity index (χ2n) is 5.50. The van der Waals surface area contributed by atoms with Crippen LogP contribution in [0.1, 0.15) is 32.2 Å². The molecule has 2 aromatic rings. The van der Waals surface area contributed by atoms with Crippen molar-refractivity contribution in [1.82, 2.24) is 20.2 Å². The fourth-order valence-corrected chi connectivity index (χ4v) is 1.55. The van der Waals surface area contributed by atoms with Gasteiger partial charge in [0.2, 0.25) is 0 Å². The minimum Gasteiger partial charge on any atom is -0.221 e. The van der Waals surface area contributed by atoms with E-state index in [-0.39, 0.29) is 5.41 Å². The van der Waals surface area contributed by atoms with Gasteiger partial charge in [0.1, 0.15) is 0 Å². The fourth-order valence-electron chi connectivity index (χ4n) is 1.55. The molecule has 0 amide bonds. The lowest BCUT2D eigenvalue weighted by atomic mass is 9.97. The summed E-state index contributed by atoms with van der Waals surface area (Å²) in [5, 5.41) is 11.7. The molecule has 4 nitrogen and oxygen atoms in total. The van der Waals surface area contributed by atoms with Crippen LogP contribution < -0.4 is 0 Å². The number of allylic oxidation sites excluding steroid dienone is 1. The molecule has 0 unspecified atom stereocenters. The van der Waals surface area contributed by atoms with E-state index in [9.17, 15) is 0 Å². The van der Waals surface area contributed by atoms with Crippen LogP contribution in [0.5, 0.6) is 0 Å². The summed E-state index contributed by atoms with van der Waals surface area (Å²) >= 11 is 0. The van der Waals surface area contributed by atoms with Gasteiger partial charge in [0, 0.05) is 6.08 Å². The molecule has 0 spiro atoms. The number of tetrazole rings is 1. The van der Waals surface area contributed by atoms with Crippen LogP contribution in [0.2, 0.25) is 0 Å². The number of aromatic nitrogens is 4. The maximum absolute atomic E-state index is 4.00. The van der Waals surface area contributed by atoms with Crippen LogP contribution in [0.25, 0.3) is 6.08 Å². The highest BCUT2D eigenvalue weighted by atomic mass is 15.5. The van der Waals surface area contributed by atoms with Gasteiger partial charge in [-0.15, -0.1) is 10.8 Å². The molecule has 0 N–H and O–H groups in total. The molecule has 0 bridgehead atoms. The zero-order valence-corrected chi connectivity index (χ0v) is 11.5. The van der Waals surface area contributed by atoms with Crippen LogP contribution in [-0.2, 0) is 6.54 Å². The van der Waals surface area contributed by atoms with E-state index in [4.69, 9.17) is 0 Å². The van der Waals surface area contributed by atoms with Crippen LogP contribution in [0.15, 0.2) is 42.1 Å². The third-order valence-electron chi connectivity index (χ3n) is 2.46. The third kappa shape index (κ3) is 4.19. The minimum atomic E-state index is 0.105. The second kappa shape index (κ2) is 5.63. The van der Waals surface area contributed by atoms with Crippen molar-refractivity contribution in [2.45, 2.75) is 27.3 Å². The lowest BCUT2D eigenvalue weighted by Crippen LogP contribution is -2.04. The van der Waals surface area contributed by atoms with Crippen molar-refractivity contribution < 1.29 is 0 Å². The zero-order chi connectivity index (χ0) is 13.7. The second-order valence-corrected chi connectivity index (χ2v) is 5.50. The summed E-state index contributed by atoms with van der Waals surface area (Å²) in [6, 6.07) is 10.1. The summed E-state index contributed by atoms with van der Waals surface area (Å²) in [7, 11) is 0. The van der Waals surface area contributed by atoms with E-state index in [1.54, 1.807) is 4.68 Å². The third-order valence-corrected chi connectivity index (χ3v) is 2.46. The zero-order valence-electron chi connectivity index (χ0n) is 11.5. The molecule has 0 saturated heterocycles. The first kappa shape index (κ1) is 13.2. The van der Waals surface area contributed by atoms with Gasteiger partial charge in [0.25, 0.3) is 0 Å². The minimum absolute atomic E-state index is 0.105. The SMILES string of the molecule is CC(C)(C)C=C=Cc1nnnn1Cc1ccccc1. The lowest BCUT2D eigenvalue weighted by Gasteiger charge is -2.08. The fraction of sp³-hybridized carbons (Fsp3) is 0.333. The Balaban J connectivity index is 2.17. The number of rotatable bonds is 3. The quantitative estimate of drug-likeness (QED) is 0.791. The smallest absolute Gasteiger partial charge is 0.182 e. The maximum Gasteiger partial charge on any atom is 0.182 e. The van der Waals surface area contributed by atoms with E-state index in [2.05, 4.69) is 54.2 Å². The van der Waals surface area contributed by atoms with Gasteiger partial charge >= 0.3 is 0 Å². The molecule has 2 rings (SSSR count). The largest absolute Gasteiger partial charge is 0.221 e. The summed E-state index contributed by atoms with van der Waals surface area (Å²) in [5.74, 6) is 0.712. The molecule has 0 atom stereocenters. The monoisotopic (exact) mass is 254 g/mol. The molecule has 19 heavy (non-hydrogen) atoms. The van der Waals surface area contributed by atoms with E-state index in [1.165, 1.54) is 5.56 Å². The van der Waals surface area contributed by atoms with Crippen molar-refractivity contribution in [2.75, 3.05) is 0 Å². The van der Waals surface area contributed by atoms with Crippen molar-refractivity contribution in [3.63, 3.8) is 0 Å². The van der Waals surface area contributed by atoms with Crippen LogP contribution in [-0.4, -0.2) is 20.2 Å². The molecule has 4 heteroatoms. The number of hydrogen-bond donors (Lipinski definition) is 0. The van der Waals surface area contributed by atoms with Gasteiger partial charge in [0.05, 0.1) is 6.54 Å². The average molecular weight is 254 g/mol. The molecule has 1 heterocycles. The van der Waals surface area contributed by atoms with E-state index >= 15 is 0 Å². The van der Waals surface area contributed by atoms with Crippen LogP contribution in [0.3, 0.4) is 0 Å². The van der Waals surface area contributed by atoms with Gasteiger partial charge in [-0.25, -0.2) is 4.68 Å². The van der Waals surface area contributed by atoms with Gasteiger partial charge < -0.3 is 0 Å². The van der Waals surface area contributed by atoms with Gasteiger partial charge in [0.15, 0.2) is 5.82 Å². The molecule has 0 fully saturated rings. The Morgan fingerprint density at radius 3 is 2.63 bits per heavy atom. The normalized spacial score (nSPS) is 10.9. The Kier molecular flexibility index (Phi) is 3.93. The highest BCUT2D eigenvalue weighted by Gasteiger charge is 2.04. The summed E-state index contributed by atoms with van der Waals surface area (Å²) in [4.78, 5) is 0. The molecule has 0 aliphatic heterocycles. The average Bonchev–Trinajstić information content (AvgIpc) is 2.76. The van der Waals surface area contributed by atoms with Crippen molar-refractivity contribution in [3.05, 3.63) is 53.5 Å². The predicted octanol–water partition coefficient (Wildman–Crippen LogP) is 2.94. The molecular weight excluding hydrogens is 236 g/mol. The highest BCUT2D eigenvalue weighted by Crippen LogP contribution is 2.13. The standard InChI is InChI=1S/C15H18N4/c1-15(2,3)11-7-10-14-16-17-18-19(14)12-13-8-5-4-6-9-13/h4-6,8-11H,12H2,1-3H3. The van der Waals surface area contributed by atoms with Crippen LogP contribution in [0.4, 0.5) is 0 Å². The first-order valence-corrected chi connectivity index (χ1v) is 6.28. The van der Waals surface area contributed by atoms with Crippen molar-refractivity contribution in [3.8, 4) is 0 Å².